The van der Waals surface area contributed by atoms with Crippen LogP contribution in [0.25, 0.3) is 0 Å². The largest absolute Gasteiger partial charge is 0.508 e. The zero-order valence-electron chi connectivity index (χ0n) is 16.6. The monoisotopic (exact) mass is 338 g/mol. The van der Waals surface area contributed by atoms with Gasteiger partial charge < -0.3 is 9.47 Å². The molecule has 0 bridgehead atoms. The molecule has 2 saturated carbocycles. The first-order valence-corrected chi connectivity index (χ1v) is 10.1. The van der Waals surface area contributed by atoms with E-state index in [4.69, 9.17) is 9.47 Å². The van der Waals surface area contributed by atoms with Crippen molar-refractivity contribution in [3.8, 4) is 0 Å². The lowest BCUT2D eigenvalue weighted by Gasteiger charge is -2.38. The third kappa shape index (κ3) is 5.13. The molecule has 2 aliphatic carbocycles. The van der Waals surface area contributed by atoms with Crippen molar-refractivity contribution >= 4 is 6.16 Å². The molecule has 3 heteroatoms. The van der Waals surface area contributed by atoms with Crippen molar-refractivity contribution < 1.29 is 14.3 Å². The summed E-state index contributed by atoms with van der Waals surface area (Å²) in [5.41, 5.74) is 0. The van der Waals surface area contributed by atoms with Crippen molar-refractivity contribution in [2.45, 2.75) is 92.3 Å². The summed E-state index contributed by atoms with van der Waals surface area (Å²) in [5, 5.41) is 0. The summed E-state index contributed by atoms with van der Waals surface area (Å²) in [6, 6.07) is 0. The van der Waals surface area contributed by atoms with E-state index in [1.165, 1.54) is 12.8 Å². The SMILES string of the molecule is CC(C)[C@H]1CC[C@@H](C)C[C@H]1OC(=O)O[C@@H]1C[C@@H](C)CC[C@H]1C(C)C. The van der Waals surface area contributed by atoms with Crippen LogP contribution in [0.2, 0.25) is 0 Å². The minimum atomic E-state index is -0.426. The number of rotatable bonds is 4. The number of carbonyl (C=O) groups is 1. The van der Waals surface area contributed by atoms with Gasteiger partial charge in [0.2, 0.25) is 0 Å². The fourth-order valence-corrected chi connectivity index (χ4v) is 4.78. The Balaban J connectivity index is 1.94. The Morgan fingerprint density at radius 1 is 0.750 bits per heavy atom. The number of carbonyl (C=O) groups excluding carboxylic acids is 1. The molecule has 0 saturated heterocycles. The van der Waals surface area contributed by atoms with Crippen LogP contribution in [0, 0.1) is 35.5 Å². The summed E-state index contributed by atoms with van der Waals surface area (Å²) in [6.07, 6.45) is 6.39. The second-order valence-electron chi connectivity index (χ2n) is 9.21. The predicted octanol–water partition coefficient (Wildman–Crippen LogP) is 6.06. The van der Waals surface area contributed by atoms with Crippen molar-refractivity contribution in [3.05, 3.63) is 0 Å². The van der Waals surface area contributed by atoms with Gasteiger partial charge in [0.15, 0.2) is 0 Å². The van der Waals surface area contributed by atoms with Gasteiger partial charge in [0.25, 0.3) is 0 Å². The molecule has 0 radical (unpaired) electrons. The van der Waals surface area contributed by atoms with Crippen LogP contribution in [0.4, 0.5) is 4.79 Å². The first-order chi connectivity index (χ1) is 11.3. The van der Waals surface area contributed by atoms with Crippen LogP contribution in [0.3, 0.4) is 0 Å². The highest BCUT2D eigenvalue weighted by atomic mass is 16.7. The van der Waals surface area contributed by atoms with Crippen molar-refractivity contribution in [3.63, 3.8) is 0 Å². The maximum Gasteiger partial charge on any atom is 0.508 e. The molecule has 0 aromatic rings. The minimum absolute atomic E-state index is 0.0276. The third-order valence-electron chi connectivity index (χ3n) is 6.42. The molecule has 2 aliphatic rings. The molecule has 0 amide bonds. The van der Waals surface area contributed by atoms with Gasteiger partial charge in [-0.2, -0.15) is 0 Å². The quantitative estimate of drug-likeness (QED) is 0.584. The molecular formula is C21H38O3. The molecule has 2 fully saturated rings. The van der Waals surface area contributed by atoms with Gasteiger partial charge in [-0.15, -0.1) is 0 Å². The van der Waals surface area contributed by atoms with Crippen molar-refractivity contribution in [1.29, 1.82) is 0 Å². The first-order valence-electron chi connectivity index (χ1n) is 10.1. The molecule has 0 aromatic heterocycles. The van der Waals surface area contributed by atoms with Gasteiger partial charge in [0.05, 0.1) is 0 Å². The lowest BCUT2D eigenvalue weighted by Crippen LogP contribution is -2.39. The fraction of sp³-hybridized carbons (Fsp3) is 0.952. The lowest BCUT2D eigenvalue weighted by molar-refractivity contribution is -0.0697. The van der Waals surface area contributed by atoms with E-state index in [9.17, 15) is 4.79 Å². The zero-order chi connectivity index (χ0) is 17.9. The molecule has 0 aliphatic heterocycles. The summed E-state index contributed by atoms with van der Waals surface area (Å²) >= 11 is 0. The summed E-state index contributed by atoms with van der Waals surface area (Å²) < 4.78 is 11.7. The molecule has 0 heterocycles. The number of hydrogen-bond donors (Lipinski definition) is 0. The Labute approximate surface area is 148 Å². The molecule has 0 aromatic carbocycles. The van der Waals surface area contributed by atoms with Crippen molar-refractivity contribution in [2.24, 2.45) is 35.5 Å². The average molecular weight is 339 g/mol. The van der Waals surface area contributed by atoms with E-state index in [0.717, 1.165) is 25.7 Å². The van der Waals surface area contributed by atoms with Crippen molar-refractivity contribution in [1.82, 2.24) is 0 Å². The van der Waals surface area contributed by atoms with E-state index >= 15 is 0 Å². The second kappa shape index (κ2) is 8.58. The van der Waals surface area contributed by atoms with Crippen LogP contribution in [0.1, 0.15) is 80.1 Å². The normalized spacial score (nSPS) is 37.5. The van der Waals surface area contributed by atoms with E-state index in [-0.39, 0.29) is 12.2 Å². The van der Waals surface area contributed by atoms with Gasteiger partial charge in [-0.05, 0) is 61.2 Å². The van der Waals surface area contributed by atoms with Crippen LogP contribution < -0.4 is 0 Å². The predicted molar refractivity (Wildman–Crippen MR) is 97.8 cm³/mol. The Morgan fingerprint density at radius 2 is 1.12 bits per heavy atom. The minimum Gasteiger partial charge on any atom is -0.431 e. The zero-order valence-corrected chi connectivity index (χ0v) is 16.6. The number of ether oxygens (including phenoxy) is 2. The number of hydrogen-bond acceptors (Lipinski definition) is 3. The Kier molecular flexibility index (Phi) is 7.00. The smallest absolute Gasteiger partial charge is 0.431 e. The molecule has 2 rings (SSSR count). The molecule has 6 atom stereocenters. The average Bonchev–Trinajstić information content (AvgIpc) is 2.46. The van der Waals surface area contributed by atoms with Gasteiger partial charge in [-0.25, -0.2) is 4.79 Å². The first kappa shape index (κ1) is 19.6. The molecule has 0 spiro atoms. The van der Waals surface area contributed by atoms with Gasteiger partial charge >= 0.3 is 6.16 Å². The van der Waals surface area contributed by atoms with Gasteiger partial charge in [-0.3, -0.25) is 0 Å². The third-order valence-corrected chi connectivity index (χ3v) is 6.42. The van der Waals surface area contributed by atoms with E-state index in [1.54, 1.807) is 0 Å². The standard InChI is InChI=1S/C21H38O3/c1-13(2)17-9-7-15(5)11-19(17)23-21(22)24-20-12-16(6)8-10-18(20)14(3)4/h13-20H,7-12H2,1-6H3/t15-,16+,17-,18+,19-,20-/m1/s1. The molecular weight excluding hydrogens is 300 g/mol. The molecule has 140 valence electrons. The molecule has 3 nitrogen and oxygen atoms in total. The molecule has 24 heavy (non-hydrogen) atoms. The van der Waals surface area contributed by atoms with Crippen LogP contribution in [0.15, 0.2) is 0 Å². The van der Waals surface area contributed by atoms with E-state index in [2.05, 4.69) is 41.5 Å². The Morgan fingerprint density at radius 3 is 1.46 bits per heavy atom. The van der Waals surface area contributed by atoms with Gasteiger partial charge in [0, 0.05) is 0 Å². The highest BCUT2D eigenvalue weighted by Gasteiger charge is 2.37. The lowest BCUT2D eigenvalue weighted by atomic mass is 9.75. The highest BCUT2D eigenvalue weighted by Crippen LogP contribution is 2.37. The van der Waals surface area contributed by atoms with Crippen LogP contribution in [0.5, 0.6) is 0 Å². The Hall–Kier alpha value is -0.730. The summed E-state index contributed by atoms with van der Waals surface area (Å²) in [5.74, 6) is 3.31. The van der Waals surface area contributed by atoms with E-state index in [1.807, 2.05) is 0 Å². The topological polar surface area (TPSA) is 35.5 Å². The van der Waals surface area contributed by atoms with Crippen LogP contribution in [-0.2, 0) is 9.47 Å². The van der Waals surface area contributed by atoms with Gasteiger partial charge in [0.1, 0.15) is 12.2 Å². The maximum atomic E-state index is 12.5. The summed E-state index contributed by atoms with van der Waals surface area (Å²) in [4.78, 5) is 12.5. The maximum absolute atomic E-state index is 12.5. The molecule has 0 unspecified atom stereocenters. The second-order valence-corrected chi connectivity index (χ2v) is 9.21. The Bertz CT molecular complexity index is 368. The van der Waals surface area contributed by atoms with E-state index in [0.29, 0.717) is 35.5 Å². The van der Waals surface area contributed by atoms with Crippen LogP contribution >= 0.6 is 0 Å². The molecule has 0 N–H and O–H groups in total. The van der Waals surface area contributed by atoms with E-state index < -0.39 is 6.16 Å². The van der Waals surface area contributed by atoms with Crippen molar-refractivity contribution in [2.75, 3.05) is 0 Å². The van der Waals surface area contributed by atoms with Gasteiger partial charge in [-0.1, -0.05) is 54.4 Å². The fourth-order valence-electron chi connectivity index (χ4n) is 4.78. The summed E-state index contributed by atoms with van der Waals surface area (Å²) in [6.45, 7) is 13.5. The highest BCUT2D eigenvalue weighted by molar-refractivity contribution is 5.60. The van der Waals surface area contributed by atoms with Crippen LogP contribution in [-0.4, -0.2) is 18.4 Å². The summed E-state index contributed by atoms with van der Waals surface area (Å²) in [7, 11) is 0.